The molecule has 0 spiro atoms. The molecule has 0 fully saturated rings. The van der Waals surface area contributed by atoms with Gasteiger partial charge in [0.05, 0.1) is 19.0 Å². The molecular weight excluding hydrogens is 294 g/mol. The van der Waals surface area contributed by atoms with Crippen molar-refractivity contribution < 1.29 is 14.3 Å². The van der Waals surface area contributed by atoms with Gasteiger partial charge in [-0.15, -0.1) is 0 Å². The van der Waals surface area contributed by atoms with Crippen molar-refractivity contribution in [3.8, 4) is 0 Å². The number of rotatable bonds is 6. The second-order valence-corrected chi connectivity index (χ2v) is 5.23. The van der Waals surface area contributed by atoms with E-state index in [4.69, 9.17) is 4.74 Å². The average molecular weight is 315 g/mol. The molecule has 23 heavy (non-hydrogen) atoms. The molecule has 0 aliphatic rings. The van der Waals surface area contributed by atoms with Gasteiger partial charge in [0.1, 0.15) is 0 Å². The van der Waals surface area contributed by atoms with Crippen LogP contribution in [0, 0.1) is 6.92 Å². The number of para-hydroxylation sites is 1. The lowest BCUT2D eigenvalue weighted by molar-refractivity contribution is -0.139. The highest BCUT2D eigenvalue weighted by Crippen LogP contribution is 2.28. The van der Waals surface area contributed by atoms with Gasteiger partial charge in [-0.1, -0.05) is 18.2 Å². The van der Waals surface area contributed by atoms with Crippen LogP contribution in [0.2, 0.25) is 0 Å². The monoisotopic (exact) mass is 315 g/mol. The van der Waals surface area contributed by atoms with E-state index < -0.39 is 0 Å². The van der Waals surface area contributed by atoms with Crippen LogP contribution in [0.4, 0.5) is 5.69 Å². The first kappa shape index (κ1) is 16.7. The number of aromatic nitrogens is 1. The molecule has 0 aliphatic carbocycles. The Kier molecular flexibility index (Phi) is 5.51. The number of hydrogen-bond acceptors (Lipinski definition) is 5. The lowest BCUT2D eigenvalue weighted by Gasteiger charge is -2.16. The number of fused-ring (bicyclic) bond motifs is 1. The number of carbonyl (C=O) groups is 2. The van der Waals surface area contributed by atoms with Crippen LogP contribution in [0.1, 0.15) is 18.2 Å². The number of amides is 1. The molecule has 2 N–H and O–H groups in total. The van der Waals surface area contributed by atoms with Crippen molar-refractivity contribution in [2.24, 2.45) is 0 Å². The molecule has 0 bridgehead atoms. The molecule has 0 unspecified atom stereocenters. The number of nitrogens with one attached hydrogen (secondary N) is 2. The van der Waals surface area contributed by atoms with E-state index in [0.717, 1.165) is 27.8 Å². The summed E-state index contributed by atoms with van der Waals surface area (Å²) in [7, 11) is 1.37. The van der Waals surface area contributed by atoms with Gasteiger partial charge in [-0.2, -0.15) is 0 Å². The van der Waals surface area contributed by atoms with Crippen LogP contribution < -0.4 is 10.6 Å². The van der Waals surface area contributed by atoms with Gasteiger partial charge in [0.25, 0.3) is 0 Å². The fourth-order valence-electron chi connectivity index (χ4n) is 2.43. The van der Waals surface area contributed by atoms with Gasteiger partial charge < -0.3 is 15.4 Å². The number of hydrogen-bond donors (Lipinski definition) is 2. The summed E-state index contributed by atoms with van der Waals surface area (Å²) in [6.07, 6.45) is 0.155. The highest BCUT2D eigenvalue weighted by atomic mass is 16.5. The molecule has 6 heteroatoms. The van der Waals surface area contributed by atoms with Gasteiger partial charge in [-0.25, -0.2) is 0 Å². The molecule has 0 radical (unpaired) electrons. The van der Waals surface area contributed by atoms with Crippen LogP contribution >= 0.6 is 0 Å². The van der Waals surface area contributed by atoms with Gasteiger partial charge in [0, 0.05) is 42.3 Å². The summed E-state index contributed by atoms with van der Waals surface area (Å²) in [6, 6.07) is 7.75. The normalized spacial score (nSPS) is 10.4. The number of ether oxygens (including phenoxy) is 1. The van der Waals surface area contributed by atoms with E-state index >= 15 is 0 Å². The average Bonchev–Trinajstić information content (AvgIpc) is 2.53. The van der Waals surface area contributed by atoms with Crippen LogP contribution in [0.15, 0.2) is 24.3 Å². The van der Waals surface area contributed by atoms with Crippen molar-refractivity contribution >= 4 is 28.5 Å². The van der Waals surface area contributed by atoms with Crippen LogP contribution in [0.25, 0.3) is 10.9 Å². The number of pyridine rings is 1. The number of benzene rings is 1. The molecule has 6 nitrogen and oxygen atoms in total. The quantitative estimate of drug-likeness (QED) is 0.628. The Balaban J connectivity index is 2.37. The smallest absolute Gasteiger partial charge is 0.310 e. The molecule has 2 rings (SSSR count). The van der Waals surface area contributed by atoms with Gasteiger partial charge in [-0.3, -0.25) is 14.6 Å². The van der Waals surface area contributed by atoms with Crippen molar-refractivity contribution in [1.29, 1.82) is 0 Å². The Labute approximate surface area is 135 Å². The van der Waals surface area contributed by atoms with E-state index in [-0.39, 0.29) is 18.3 Å². The third-order valence-corrected chi connectivity index (χ3v) is 3.55. The summed E-state index contributed by atoms with van der Waals surface area (Å²) >= 11 is 0. The third kappa shape index (κ3) is 4.18. The van der Waals surface area contributed by atoms with E-state index in [9.17, 15) is 9.59 Å². The summed E-state index contributed by atoms with van der Waals surface area (Å²) < 4.78 is 4.78. The first-order valence-electron chi connectivity index (χ1n) is 7.46. The van der Waals surface area contributed by atoms with Gasteiger partial charge in [-0.05, 0) is 13.0 Å². The molecule has 0 saturated heterocycles. The van der Waals surface area contributed by atoms with Crippen LogP contribution in [-0.2, 0) is 20.7 Å². The first-order valence-corrected chi connectivity index (χ1v) is 7.46. The van der Waals surface area contributed by atoms with E-state index in [1.807, 2.05) is 31.2 Å². The van der Waals surface area contributed by atoms with E-state index in [0.29, 0.717) is 13.1 Å². The van der Waals surface area contributed by atoms with Crippen molar-refractivity contribution in [3.05, 3.63) is 35.5 Å². The molecule has 0 atom stereocenters. The Morgan fingerprint density at radius 3 is 2.65 bits per heavy atom. The summed E-state index contributed by atoms with van der Waals surface area (Å²) in [5.74, 6) is -0.382. The minimum Gasteiger partial charge on any atom is -0.469 e. The Morgan fingerprint density at radius 1 is 1.22 bits per heavy atom. The van der Waals surface area contributed by atoms with E-state index in [1.54, 1.807) is 0 Å². The zero-order chi connectivity index (χ0) is 16.8. The number of carbonyl (C=O) groups excluding carboxylic acids is 2. The van der Waals surface area contributed by atoms with E-state index in [2.05, 4.69) is 15.6 Å². The third-order valence-electron chi connectivity index (χ3n) is 3.55. The molecule has 0 saturated carbocycles. The number of nitrogens with zero attached hydrogens (tertiary/aromatic N) is 1. The number of anilines is 1. The fourth-order valence-corrected chi connectivity index (χ4v) is 2.43. The standard InChI is InChI=1S/C17H21N3O3/c1-11-14(10-16(22)23-3)17(19-9-8-18-12(2)21)13-6-4-5-7-15(13)20-11/h4-7H,8-10H2,1-3H3,(H,18,21)(H,19,20). The lowest BCUT2D eigenvalue weighted by atomic mass is 10.0. The maximum absolute atomic E-state index is 11.7. The van der Waals surface area contributed by atoms with Crippen molar-refractivity contribution in [2.45, 2.75) is 20.3 Å². The van der Waals surface area contributed by atoms with Crippen molar-refractivity contribution in [1.82, 2.24) is 10.3 Å². The zero-order valence-corrected chi connectivity index (χ0v) is 13.6. The highest BCUT2D eigenvalue weighted by molar-refractivity contribution is 5.95. The minimum atomic E-state index is -0.310. The number of esters is 1. The zero-order valence-electron chi connectivity index (χ0n) is 13.6. The fraction of sp³-hybridized carbons (Fsp3) is 0.353. The molecular formula is C17H21N3O3. The topological polar surface area (TPSA) is 80.3 Å². The minimum absolute atomic E-state index is 0.0719. The highest BCUT2D eigenvalue weighted by Gasteiger charge is 2.15. The van der Waals surface area contributed by atoms with Crippen LogP contribution in [-0.4, -0.2) is 37.1 Å². The largest absolute Gasteiger partial charge is 0.469 e. The van der Waals surface area contributed by atoms with Crippen molar-refractivity contribution in [3.63, 3.8) is 0 Å². The Hall–Kier alpha value is -2.63. The summed E-state index contributed by atoms with van der Waals surface area (Å²) in [6.45, 7) is 4.42. The van der Waals surface area contributed by atoms with Crippen molar-refractivity contribution in [2.75, 3.05) is 25.5 Å². The SMILES string of the molecule is COC(=O)Cc1c(C)nc2ccccc2c1NCCNC(C)=O. The van der Waals surface area contributed by atoms with E-state index in [1.165, 1.54) is 14.0 Å². The Morgan fingerprint density at radius 2 is 1.96 bits per heavy atom. The molecule has 0 aliphatic heterocycles. The number of methoxy groups -OCH3 is 1. The Bertz CT molecular complexity index is 728. The van der Waals surface area contributed by atoms with Crippen LogP contribution in [0.5, 0.6) is 0 Å². The number of aryl methyl sites for hydroxylation is 1. The molecule has 1 heterocycles. The van der Waals surface area contributed by atoms with Gasteiger partial charge >= 0.3 is 5.97 Å². The molecule has 2 aromatic rings. The summed E-state index contributed by atoms with van der Waals surface area (Å²) in [5, 5.41) is 7.00. The van der Waals surface area contributed by atoms with Gasteiger partial charge in [0.15, 0.2) is 0 Å². The van der Waals surface area contributed by atoms with Crippen LogP contribution in [0.3, 0.4) is 0 Å². The predicted octanol–water partition coefficient (Wildman–Crippen LogP) is 1.81. The maximum atomic E-state index is 11.7. The molecule has 122 valence electrons. The summed E-state index contributed by atoms with van der Waals surface area (Å²) in [4.78, 5) is 27.2. The second-order valence-electron chi connectivity index (χ2n) is 5.23. The summed E-state index contributed by atoms with van der Waals surface area (Å²) in [5.41, 5.74) is 3.33. The molecule has 1 aromatic carbocycles. The predicted molar refractivity (Wildman–Crippen MR) is 89.4 cm³/mol. The molecule has 1 amide bonds. The van der Waals surface area contributed by atoms with Gasteiger partial charge in [0.2, 0.25) is 5.91 Å². The second kappa shape index (κ2) is 7.58. The maximum Gasteiger partial charge on any atom is 0.310 e. The lowest BCUT2D eigenvalue weighted by Crippen LogP contribution is -2.26. The first-order chi connectivity index (χ1) is 11.0. The molecule has 1 aromatic heterocycles.